The van der Waals surface area contributed by atoms with Crippen LogP contribution in [0.2, 0.25) is 0 Å². The number of rotatable bonds is 9. The van der Waals surface area contributed by atoms with Gasteiger partial charge in [-0.25, -0.2) is 0 Å². The number of piperidine rings is 1. The van der Waals surface area contributed by atoms with Gasteiger partial charge in [-0.3, -0.25) is 4.90 Å². The van der Waals surface area contributed by atoms with E-state index in [4.69, 9.17) is 5.73 Å². The van der Waals surface area contributed by atoms with Crippen molar-refractivity contribution in [2.45, 2.75) is 77.7 Å². The van der Waals surface area contributed by atoms with Crippen molar-refractivity contribution >= 4 is 0 Å². The fourth-order valence-corrected chi connectivity index (χ4v) is 3.20. The molecule has 1 aliphatic heterocycles. The van der Waals surface area contributed by atoms with Crippen molar-refractivity contribution in [3.05, 3.63) is 0 Å². The Morgan fingerprint density at radius 2 is 1.94 bits per heavy atom. The highest BCUT2D eigenvalue weighted by Gasteiger charge is 2.23. The largest absolute Gasteiger partial charge is 0.329 e. The van der Waals surface area contributed by atoms with E-state index in [1.54, 1.807) is 0 Å². The van der Waals surface area contributed by atoms with Crippen molar-refractivity contribution in [2.75, 3.05) is 19.6 Å². The first-order valence-corrected chi connectivity index (χ1v) is 8.25. The van der Waals surface area contributed by atoms with Crippen LogP contribution in [0.5, 0.6) is 0 Å². The molecule has 2 N–H and O–H groups in total. The van der Waals surface area contributed by atoms with E-state index >= 15 is 0 Å². The molecule has 1 aliphatic rings. The van der Waals surface area contributed by atoms with E-state index in [1.807, 2.05) is 0 Å². The van der Waals surface area contributed by atoms with Gasteiger partial charge in [-0.1, -0.05) is 52.4 Å². The van der Waals surface area contributed by atoms with Gasteiger partial charge in [0.15, 0.2) is 0 Å². The molecule has 1 fully saturated rings. The standard InChI is InChI=1S/C16H34N2/c1-3-5-6-7-8-11-16(13-17)18-12-9-10-15(4-2)14-18/h15-16H,3-14,17H2,1-2H3. The van der Waals surface area contributed by atoms with E-state index in [2.05, 4.69) is 18.7 Å². The molecule has 0 aromatic rings. The van der Waals surface area contributed by atoms with Crippen LogP contribution >= 0.6 is 0 Å². The zero-order valence-electron chi connectivity index (χ0n) is 12.7. The minimum absolute atomic E-state index is 0.654. The molecule has 0 amide bonds. The third-order valence-electron chi connectivity index (χ3n) is 4.56. The quantitative estimate of drug-likeness (QED) is 0.634. The van der Waals surface area contributed by atoms with Gasteiger partial charge in [-0.2, -0.15) is 0 Å². The Kier molecular flexibility index (Phi) is 8.70. The van der Waals surface area contributed by atoms with Crippen LogP contribution in [0.1, 0.15) is 71.6 Å². The lowest BCUT2D eigenvalue weighted by Gasteiger charge is -2.37. The second-order valence-corrected chi connectivity index (χ2v) is 6.00. The van der Waals surface area contributed by atoms with E-state index in [0.29, 0.717) is 6.04 Å². The number of nitrogens with two attached hydrogens (primary N) is 1. The third-order valence-corrected chi connectivity index (χ3v) is 4.56. The predicted molar refractivity (Wildman–Crippen MR) is 80.8 cm³/mol. The summed E-state index contributed by atoms with van der Waals surface area (Å²) in [7, 11) is 0. The van der Waals surface area contributed by atoms with E-state index < -0.39 is 0 Å². The fourth-order valence-electron chi connectivity index (χ4n) is 3.20. The van der Waals surface area contributed by atoms with Gasteiger partial charge >= 0.3 is 0 Å². The van der Waals surface area contributed by atoms with E-state index in [-0.39, 0.29) is 0 Å². The van der Waals surface area contributed by atoms with Gasteiger partial charge in [-0.15, -0.1) is 0 Å². The molecule has 2 unspecified atom stereocenters. The Hall–Kier alpha value is -0.0800. The lowest BCUT2D eigenvalue weighted by molar-refractivity contribution is 0.117. The Labute approximate surface area is 114 Å². The first-order chi connectivity index (χ1) is 8.81. The minimum atomic E-state index is 0.654. The average Bonchev–Trinajstić information content (AvgIpc) is 2.43. The molecule has 0 bridgehead atoms. The van der Waals surface area contributed by atoms with E-state index in [0.717, 1.165) is 12.5 Å². The van der Waals surface area contributed by atoms with Crippen LogP contribution in [0.15, 0.2) is 0 Å². The molecule has 0 radical (unpaired) electrons. The van der Waals surface area contributed by atoms with Gasteiger partial charge < -0.3 is 5.73 Å². The summed E-state index contributed by atoms with van der Waals surface area (Å²) >= 11 is 0. The van der Waals surface area contributed by atoms with E-state index in [1.165, 1.54) is 70.9 Å². The first-order valence-electron chi connectivity index (χ1n) is 8.25. The van der Waals surface area contributed by atoms with Crippen molar-refractivity contribution in [2.24, 2.45) is 11.7 Å². The number of likely N-dealkylation sites (tertiary alicyclic amines) is 1. The normalized spacial score (nSPS) is 23.2. The molecular weight excluding hydrogens is 220 g/mol. The zero-order chi connectivity index (χ0) is 13.2. The van der Waals surface area contributed by atoms with Gasteiger partial charge in [0.1, 0.15) is 0 Å². The van der Waals surface area contributed by atoms with Crippen LogP contribution < -0.4 is 5.73 Å². The molecular formula is C16H34N2. The van der Waals surface area contributed by atoms with Crippen molar-refractivity contribution in [3.63, 3.8) is 0 Å². The molecule has 0 saturated carbocycles. The molecule has 0 aromatic heterocycles. The lowest BCUT2D eigenvalue weighted by Crippen LogP contribution is -2.46. The highest BCUT2D eigenvalue weighted by Crippen LogP contribution is 2.22. The van der Waals surface area contributed by atoms with Crippen molar-refractivity contribution in [1.29, 1.82) is 0 Å². The summed E-state index contributed by atoms with van der Waals surface area (Å²) in [5.41, 5.74) is 5.99. The monoisotopic (exact) mass is 254 g/mol. The first kappa shape index (κ1) is 16.0. The Bertz CT molecular complexity index is 194. The topological polar surface area (TPSA) is 29.3 Å². The van der Waals surface area contributed by atoms with E-state index in [9.17, 15) is 0 Å². The van der Waals surface area contributed by atoms with Crippen molar-refractivity contribution in [3.8, 4) is 0 Å². The highest BCUT2D eigenvalue weighted by atomic mass is 15.2. The summed E-state index contributed by atoms with van der Waals surface area (Å²) in [6.07, 6.45) is 12.4. The summed E-state index contributed by atoms with van der Waals surface area (Å²) < 4.78 is 0. The maximum Gasteiger partial charge on any atom is 0.0218 e. The summed E-state index contributed by atoms with van der Waals surface area (Å²) in [6.45, 7) is 8.04. The molecule has 2 nitrogen and oxygen atoms in total. The maximum atomic E-state index is 5.99. The summed E-state index contributed by atoms with van der Waals surface area (Å²) in [6, 6.07) is 0.654. The molecule has 2 atom stereocenters. The molecule has 1 rings (SSSR count). The molecule has 1 saturated heterocycles. The Morgan fingerprint density at radius 1 is 1.17 bits per heavy atom. The minimum Gasteiger partial charge on any atom is -0.329 e. The van der Waals surface area contributed by atoms with Crippen LogP contribution in [0.4, 0.5) is 0 Å². The van der Waals surface area contributed by atoms with Crippen LogP contribution in [0.3, 0.4) is 0 Å². The summed E-state index contributed by atoms with van der Waals surface area (Å²) in [4.78, 5) is 2.68. The van der Waals surface area contributed by atoms with Gasteiger partial charge in [-0.05, 0) is 31.7 Å². The molecule has 18 heavy (non-hydrogen) atoms. The maximum absolute atomic E-state index is 5.99. The number of nitrogens with zero attached hydrogens (tertiary/aromatic N) is 1. The smallest absolute Gasteiger partial charge is 0.0218 e. The van der Waals surface area contributed by atoms with Gasteiger partial charge in [0, 0.05) is 19.1 Å². The molecule has 0 spiro atoms. The van der Waals surface area contributed by atoms with Crippen LogP contribution in [-0.4, -0.2) is 30.6 Å². The lowest BCUT2D eigenvalue weighted by atomic mass is 9.93. The molecule has 0 aliphatic carbocycles. The Balaban J connectivity index is 2.22. The van der Waals surface area contributed by atoms with Crippen LogP contribution in [-0.2, 0) is 0 Å². The van der Waals surface area contributed by atoms with Gasteiger partial charge in [0.05, 0.1) is 0 Å². The summed E-state index contributed by atoms with van der Waals surface area (Å²) in [5.74, 6) is 0.924. The SMILES string of the molecule is CCCCCCCC(CN)N1CCCC(CC)C1. The molecule has 0 aromatic carbocycles. The van der Waals surface area contributed by atoms with Crippen LogP contribution in [0.25, 0.3) is 0 Å². The fraction of sp³-hybridized carbons (Fsp3) is 1.00. The van der Waals surface area contributed by atoms with Crippen LogP contribution in [0, 0.1) is 5.92 Å². The second kappa shape index (κ2) is 9.80. The highest BCUT2D eigenvalue weighted by molar-refractivity contribution is 4.79. The van der Waals surface area contributed by atoms with Crippen molar-refractivity contribution in [1.82, 2.24) is 4.90 Å². The predicted octanol–water partition coefficient (Wildman–Crippen LogP) is 3.80. The average molecular weight is 254 g/mol. The Morgan fingerprint density at radius 3 is 2.61 bits per heavy atom. The van der Waals surface area contributed by atoms with Gasteiger partial charge in [0.2, 0.25) is 0 Å². The number of unbranched alkanes of at least 4 members (excludes halogenated alkanes) is 4. The second-order valence-electron chi connectivity index (χ2n) is 6.00. The summed E-state index contributed by atoms with van der Waals surface area (Å²) in [5, 5.41) is 0. The molecule has 1 heterocycles. The zero-order valence-corrected chi connectivity index (χ0v) is 12.7. The number of hydrogen-bond acceptors (Lipinski definition) is 2. The third kappa shape index (κ3) is 5.71. The van der Waals surface area contributed by atoms with Crippen molar-refractivity contribution < 1.29 is 0 Å². The number of hydrogen-bond donors (Lipinski definition) is 1. The molecule has 108 valence electrons. The van der Waals surface area contributed by atoms with Gasteiger partial charge in [0.25, 0.3) is 0 Å². The molecule has 2 heteroatoms.